The largest absolute Gasteiger partial charge is 0.306 e. The maximum Gasteiger partial charge on any atom is 0.254 e. The lowest BCUT2D eigenvalue weighted by Gasteiger charge is -2.07. The van der Waals surface area contributed by atoms with Crippen molar-refractivity contribution in [1.82, 2.24) is 15.0 Å². The number of aryl methyl sites for hydroxylation is 2. The van der Waals surface area contributed by atoms with Gasteiger partial charge < -0.3 is 4.98 Å². The number of pyridine rings is 1. The van der Waals surface area contributed by atoms with Crippen LogP contribution in [0.15, 0.2) is 23.3 Å². The zero-order valence-electron chi connectivity index (χ0n) is 10.2. The maximum atomic E-state index is 11.8. The van der Waals surface area contributed by atoms with E-state index in [0.29, 0.717) is 11.4 Å². The molecule has 0 aromatic carbocycles. The van der Waals surface area contributed by atoms with Crippen molar-refractivity contribution in [1.29, 1.82) is 0 Å². The minimum absolute atomic E-state index is 0.0666. The molecule has 17 heavy (non-hydrogen) atoms. The quantitative estimate of drug-likeness (QED) is 0.857. The molecule has 2 aromatic rings. The fourth-order valence-corrected chi connectivity index (χ4v) is 1.79. The summed E-state index contributed by atoms with van der Waals surface area (Å²) in [5, 5.41) is 0. The van der Waals surface area contributed by atoms with Crippen molar-refractivity contribution in [3.63, 3.8) is 0 Å². The van der Waals surface area contributed by atoms with Crippen molar-refractivity contribution in [2.45, 2.75) is 27.2 Å². The van der Waals surface area contributed by atoms with Crippen LogP contribution in [-0.2, 0) is 6.42 Å². The van der Waals surface area contributed by atoms with Gasteiger partial charge in [-0.2, -0.15) is 0 Å². The minimum atomic E-state index is -0.0666. The van der Waals surface area contributed by atoms with Gasteiger partial charge in [-0.05, 0) is 31.9 Å². The molecular weight excluding hydrogens is 214 g/mol. The summed E-state index contributed by atoms with van der Waals surface area (Å²) in [7, 11) is 0. The zero-order chi connectivity index (χ0) is 12.4. The third-order valence-electron chi connectivity index (χ3n) is 2.86. The summed E-state index contributed by atoms with van der Waals surface area (Å²) < 4.78 is 0. The number of hydrogen-bond acceptors (Lipinski definition) is 3. The third kappa shape index (κ3) is 2.11. The molecule has 0 aliphatic carbocycles. The Balaban J connectivity index is 2.66. The molecule has 0 spiro atoms. The Morgan fingerprint density at radius 2 is 2.12 bits per heavy atom. The van der Waals surface area contributed by atoms with Gasteiger partial charge in [-0.3, -0.25) is 9.78 Å². The molecule has 0 bridgehead atoms. The fraction of sp³-hybridized carbons (Fsp3) is 0.308. The van der Waals surface area contributed by atoms with Crippen LogP contribution in [0.1, 0.15) is 23.7 Å². The van der Waals surface area contributed by atoms with Gasteiger partial charge in [0.05, 0.1) is 5.69 Å². The van der Waals surface area contributed by atoms with E-state index in [4.69, 9.17) is 0 Å². The predicted molar refractivity (Wildman–Crippen MR) is 66.9 cm³/mol. The Labute approximate surface area is 99.8 Å². The molecule has 1 N–H and O–H groups in total. The van der Waals surface area contributed by atoms with E-state index in [-0.39, 0.29) is 5.56 Å². The van der Waals surface area contributed by atoms with E-state index < -0.39 is 0 Å². The average Bonchev–Trinajstić information content (AvgIpc) is 2.33. The summed E-state index contributed by atoms with van der Waals surface area (Å²) in [6, 6.07) is 1.86. The number of aromatic nitrogens is 3. The standard InChI is InChI=1S/C13H15N3O/c1-4-11-9(3)13(17)16-12(15-11)10-5-6-14-7-8(10)2/h5-7H,4H2,1-3H3,(H,15,16,17). The monoisotopic (exact) mass is 229 g/mol. The van der Waals surface area contributed by atoms with E-state index in [2.05, 4.69) is 15.0 Å². The zero-order valence-corrected chi connectivity index (χ0v) is 10.2. The first-order valence-electron chi connectivity index (χ1n) is 5.64. The second kappa shape index (κ2) is 4.49. The Hall–Kier alpha value is -1.97. The van der Waals surface area contributed by atoms with Crippen molar-refractivity contribution in [2.75, 3.05) is 0 Å². The average molecular weight is 229 g/mol. The number of rotatable bonds is 2. The topological polar surface area (TPSA) is 58.6 Å². The van der Waals surface area contributed by atoms with E-state index in [1.165, 1.54) is 0 Å². The van der Waals surface area contributed by atoms with Gasteiger partial charge in [0.1, 0.15) is 5.82 Å². The van der Waals surface area contributed by atoms with E-state index >= 15 is 0 Å². The number of hydrogen-bond donors (Lipinski definition) is 1. The van der Waals surface area contributed by atoms with E-state index in [0.717, 1.165) is 23.2 Å². The molecule has 0 aliphatic heterocycles. The van der Waals surface area contributed by atoms with Crippen LogP contribution in [-0.4, -0.2) is 15.0 Å². The molecule has 0 radical (unpaired) electrons. The Morgan fingerprint density at radius 3 is 2.76 bits per heavy atom. The summed E-state index contributed by atoms with van der Waals surface area (Å²) in [4.78, 5) is 23.1. The molecular formula is C13H15N3O. The SMILES string of the molecule is CCc1nc(-c2ccncc2C)[nH]c(=O)c1C. The molecule has 0 fully saturated rings. The molecule has 2 heterocycles. The van der Waals surface area contributed by atoms with Gasteiger partial charge >= 0.3 is 0 Å². The highest BCUT2D eigenvalue weighted by Crippen LogP contribution is 2.17. The van der Waals surface area contributed by atoms with Gasteiger partial charge in [-0.25, -0.2) is 4.98 Å². The van der Waals surface area contributed by atoms with E-state index in [9.17, 15) is 4.79 Å². The molecule has 88 valence electrons. The van der Waals surface area contributed by atoms with Crippen LogP contribution in [0.2, 0.25) is 0 Å². The summed E-state index contributed by atoms with van der Waals surface area (Å²) in [6.45, 7) is 5.75. The Morgan fingerprint density at radius 1 is 1.35 bits per heavy atom. The smallest absolute Gasteiger partial charge is 0.254 e. The van der Waals surface area contributed by atoms with Gasteiger partial charge in [0, 0.05) is 23.5 Å². The molecule has 2 rings (SSSR count). The van der Waals surface area contributed by atoms with E-state index in [1.54, 1.807) is 19.3 Å². The third-order valence-corrected chi connectivity index (χ3v) is 2.86. The fourth-order valence-electron chi connectivity index (χ4n) is 1.79. The van der Waals surface area contributed by atoms with Gasteiger partial charge in [-0.15, -0.1) is 0 Å². The first kappa shape index (κ1) is 11.5. The van der Waals surface area contributed by atoms with E-state index in [1.807, 2.05) is 19.9 Å². The van der Waals surface area contributed by atoms with Crippen LogP contribution in [0, 0.1) is 13.8 Å². The molecule has 0 atom stereocenters. The lowest BCUT2D eigenvalue weighted by Crippen LogP contribution is -2.16. The van der Waals surface area contributed by atoms with Crippen molar-refractivity contribution >= 4 is 0 Å². The van der Waals surface area contributed by atoms with Crippen LogP contribution in [0.4, 0.5) is 0 Å². The first-order chi connectivity index (χ1) is 8.13. The highest BCUT2D eigenvalue weighted by Gasteiger charge is 2.09. The van der Waals surface area contributed by atoms with Crippen molar-refractivity contribution in [3.8, 4) is 11.4 Å². The minimum Gasteiger partial charge on any atom is -0.306 e. The van der Waals surface area contributed by atoms with Crippen LogP contribution in [0.3, 0.4) is 0 Å². The summed E-state index contributed by atoms with van der Waals surface area (Å²) in [6.07, 6.45) is 4.22. The second-order valence-corrected chi connectivity index (χ2v) is 4.03. The first-order valence-corrected chi connectivity index (χ1v) is 5.64. The highest BCUT2D eigenvalue weighted by atomic mass is 16.1. The Bertz CT molecular complexity index is 602. The molecule has 0 amide bonds. The molecule has 0 unspecified atom stereocenters. The summed E-state index contributed by atoms with van der Waals surface area (Å²) >= 11 is 0. The van der Waals surface area contributed by atoms with Crippen molar-refractivity contribution in [3.05, 3.63) is 45.6 Å². The maximum absolute atomic E-state index is 11.8. The van der Waals surface area contributed by atoms with Crippen LogP contribution < -0.4 is 5.56 Å². The molecule has 0 saturated carbocycles. The molecule has 4 nitrogen and oxygen atoms in total. The molecule has 4 heteroatoms. The summed E-state index contributed by atoms with van der Waals surface area (Å²) in [5.74, 6) is 0.623. The van der Waals surface area contributed by atoms with Gasteiger partial charge in [0.25, 0.3) is 5.56 Å². The molecule has 2 aromatic heterocycles. The lowest BCUT2D eigenvalue weighted by atomic mass is 10.1. The number of H-pyrrole nitrogens is 1. The molecule has 0 saturated heterocycles. The predicted octanol–water partition coefficient (Wildman–Crippen LogP) is 2.01. The van der Waals surface area contributed by atoms with Crippen molar-refractivity contribution < 1.29 is 0 Å². The van der Waals surface area contributed by atoms with Gasteiger partial charge in [0.2, 0.25) is 0 Å². The van der Waals surface area contributed by atoms with Gasteiger partial charge in [-0.1, -0.05) is 6.92 Å². The number of aromatic amines is 1. The molecule has 0 aliphatic rings. The van der Waals surface area contributed by atoms with Crippen LogP contribution in [0.25, 0.3) is 11.4 Å². The highest BCUT2D eigenvalue weighted by molar-refractivity contribution is 5.58. The second-order valence-electron chi connectivity index (χ2n) is 4.03. The van der Waals surface area contributed by atoms with Crippen molar-refractivity contribution in [2.24, 2.45) is 0 Å². The number of nitrogens with one attached hydrogen (secondary N) is 1. The normalized spacial score (nSPS) is 10.5. The number of nitrogens with zero attached hydrogens (tertiary/aromatic N) is 2. The van der Waals surface area contributed by atoms with Gasteiger partial charge in [0.15, 0.2) is 0 Å². The Kier molecular flexibility index (Phi) is 3.04. The lowest BCUT2D eigenvalue weighted by molar-refractivity contribution is 0.953. The summed E-state index contributed by atoms with van der Waals surface area (Å²) in [5.41, 5.74) is 3.40. The van der Waals surface area contributed by atoms with Crippen LogP contribution in [0.5, 0.6) is 0 Å². The van der Waals surface area contributed by atoms with Crippen LogP contribution >= 0.6 is 0 Å².